The molecule has 1 fully saturated rings. The number of carboxylic acids is 1. The highest BCUT2D eigenvalue weighted by Gasteiger charge is 2.45. The van der Waals surface area contributed by atoms with Crippen molar-refractivity contribution in [2.45, 2.75) is 68.0 Å². The molecule has 2 aliphatic heterocycles. The molecule has 2 aliphatic carbocycles. The Labute approximate surface area is 268 Å². The predicted molar refractivity (Wildman–Crippen MR) is 168 cm³/mol. The average molecular weight is 659 g/mol. The number of benzene rings is 2. The number of nitrogens with zero attached hydrogens (tertiary/aromatic N) is 1. The van der Waals surface area contributed by atoms with E-state index in [0.717, 1.165) is 32.1 Å². The summed E-state index contributed by atoms with van der Waals surface area (Å²) >= 11 is 6.39. The topological polar surface area (TPSA) is 131 Å². The van der Waals surface area contributed by atoms with Gasteiger partial charge in [0.05, 0.1) is 29.9 Å². The second-order valence-corrected chi connectivity index (χ2v) is 15.2. The van der Waals surface area contributed by atoms with Crippen molar-refractivity contribution in [3.63, 3.8) is 0 Å². The summed E-state index contributed by atoms with van der Waals surface area (Å²) in [6, 6.07) is 10.7. The molecule has 45 heavy (non-hydrogen) atoms. The van der Waals surface area contributed by atoms with Crippen LogP contribution >= 0.6 is 11.6 Å². The molecule has 6 rings (SSSR count). The molecule has 0 unspecified atom stereocenters. The summed E-state index contributed by atoms with van der Waals surface area (Å²) in [5.41, 5.74) is 1.20. The normalized spacial score (nSPS) is 29.6. The van der Waals surface area contributed by atoms with Gasteiger partial charge in [-0.1, -0.05) is 29.8 Å². The maximum absolute atomic E-state index is 13.5. The van der Waals surface area contributed by atoms with Gasteiger partial charge in [0, 0.05) is 23.5 Å². The molecule has 2 N–H and O–H groups in total. The minimum absolute atomic E-state index is 0.0129. The van der Waals surface area contributed by atoms with E-state index in [-0.39, 0.29) is 28.8 Å². The molecule has 242 valence electrons. The molecule has 0 radical (unpaired) electrons. The van der Waals surface area contributed by atoms with E-state index < -0.39 is 40.2 Å². The van der Waals surface area contributed by atoms with Crippen molar-refractivity contribution >= 4 is 39.2 Å². The van der Waals surface area contributed by atoms with Gasteiger partial charge in [0.15, 0.2) is 0 Å². The van der Waals surface area contributed by atoms with E-state index in [1.165, 1.54) is 31.0 Å². The number of fused-ring (bicyclic) bond motifs is 4. The quantitative estimate of drug-likeness (QED) is 0.459. The second-order valence-electron chi connectivity index (χ2n) is 13.1. The molecule has 0 aromatic heterocycles. The van der Waals surface area contributed by atoms with E-state index in [0.29, 0.717) is 36.2 Å². The second kappa shape index (κ2) is 12.2. The van der Waals surface area contributed by atoms with Gasteiger partial charge in [-0.2, -0.15) is 0 Å². The highest BCUT2D eigenvalue weighted by molar-refractivity contribution is 7.90. The number of sulfonamides is 1. The van der Waals surface area contributed by atoms with E-state index in [2.05, 4.69) is 15.7 Å². The number of carbonyl (C=O) groups excluding carboxylic acids is 1. The summed E-state index contributed by atoms with van der Waals surface area (Å²) in [6.07, 6.45) is 7.59. The highest BCUT2D eigenvalue weighted by atomic mass is 35.5. The lowest BCUT2D eigenvalue weighted by molar-refractivity contribution is -0.145. The first kappa shape index (κ1) is 31.8. The fourth-order valence-corrected chi connectivity index (χ4v) is 8.42. The fourth-order valence-electron chi connectivity index (χ4n) is 7.10. The van der Waals surface area contributed by atoms with Crippen molar-refractivity contribution in [1.82, 2.24) is 4.72 Å². The Kier molecular flexibility index (Phi) is 8.66. The minimum atomic E-state index is -4.23. The zero-order valence-corrected chi connectivity index (χ0v) is 27.0. The Bertz CT molecular complexity index is 1630. The van der Waals surface area contributed by atoms with E-state index in [4.69, 9.17) is 25.8 Å². The van der Waals surface area contributed by atoms with Gasteiger partial charge in [0.25, 0.3) is 15.9 Å². The highest BCUT2D eigenvalue weighted by Crippen LogP contribution is 2.47. The van der Waals surface area contributed by atoms with Crippen molar-refractivity contribution in [2.75, 3.05) is 37.8 Å². The molecule has 12 heteroatoms. The van der Waals surface area contributed by atoms with Crippen LogP contribution in [-0.2, 0) is 40.9 Å². The number of aliphatic carboxylic acids is 1. The number of amides is 1. The van der Waals surface area contributed by atoms with E-state index in [1.54, 1.807) is 24.3 Å². The molecule has 0 saturated heterocycles. The Morgan fingerprint density at radius 2 is 2.02 bits per heavy atom. The number of carboxylic acid groups (broad SMARTS) is 1. The summed E-state index contributed by atoms with van der Waals surface area (Å²) < 4.78 is 47.3. The smallest absolute Gasteiger partial charge is 0.329 e. The Morgan fingerprint density at radius 1 is 1.20 bits per heavy atom. The summed E-state index contributed by atoms with van der Waals surface area (Å²) in [6.45, 7) is 4.17. The molecular weight excluding hydrogens is 620 g/mol. The van der Waals surface area contributed by atoms with Crippen LogP contribution in [0.25, 0.3) is 0 Å². The number of hydrogen-bond acceptors (Lipinski definition) is 8. The number of rotatable bonds is 3. The van der Waals surface area contributed by atoms with Gasteiger partial charge in [0.2, 0.25) is 0 Å². The molecular formula is C33H39ClN2O8S. The molecule has 10 nitrogen and oxygen atoms in total. The van der Waals surface area contributed by atoms with Gasteiger partial charge in [0.1, 0.15) is 18.0 Å². The van der Waals surface area contributed by atoms with Crippen LogP contribution in [0.15, 0.2) is 53.4 Å². The summed E-state index contributed by atoms with van der Waals surface area (Å²) in [7, 11) is -4.23. The fraction of sp³-hybridized carbons (Fsp3) is 0.515. The minimum Gasteiger partial charge on any atom is -0.490 e. The Morgan fingerprint density at radius 3 is 2.78 bits per heavy atom. The zero-order valence-electron chi connectivity index (χ0n) is 25.5. The van der Waals surface area contributed by atoms with Crippen LogP contribution in [0.3, 0.4) is 0 Å². The van der Waals surface area contributed by atoms with Gasteiger partial charge in [-0.15, -0.1) is 0 Å². The van der Waals surface area contributed by atoms with Crippen LogP contribution in [-0.4, -0.2) is 70.0 Å². The predicted octanol–water partition coefficient (Wildman–Crippen LogP) is 4.48. The van der Waals surface area contributed by atoms with Gasteiger partial charge in [-0.3, -0.25) is 4.79 Å². The molecule has 2 aromatic rings. The van der Waals surface area contributed by atoms with Crippen LogP contribution in [0.1, 0.15) is 50.7 Å². The molecule has 4 atom stereocenters. The van der Waals surface area contributed by atoms with E-state index in [9.17, 15) is 23.1 Å². The molecule has 1 amide bonds. The number of aryl methyl sites for hydroxylation is 1. The maximum Gasteiger partial charge on any atom is 0.329 e. The lowest BCUT2D eigenvalue weighted by Crippen LogP contribution is -2.50. The lowest BCUT2D eigenvalue weighted by atomic mass is 9.68. The van der Waals surface area contributed by atoms with Crippen LogP contribution in [0, 0.1) is 11.8 Å². The van der Waals surface area contributed by atoms with Gasteiger partial charge in [-0.25, -0.2) is 17.9 Å². The number of halogens is 1. The third kappa shape index (κ3) is 6.45. The number of nitrogens with one attached hydrogen (secondary N) is 1. The molecule has 1 saturated carbocycles. The van der Waals surface area contributed by atoms with Crippen molar-refractivity contribution in [2.24, 2.45) is 11.8 Å². The molecule has 4 aliphatic rings. The average Bonchev–Trinajstić information content (AvgIpc) is 3.12. The maximum atomic E-state index is 13.5. The first-order valence-corrected chi connectivity index (χ1v) is 17.2. The number of hydrogen-bond donors (Lipinski definition) is 2. The molecule has 2 heterocycles. The van der Waals surface area contributed by atoms with Gasteiger partial charge in [-0.05, 0) is 99.2 Å². The summed E-state index contributed by atoms with van der Waals surface area (Å²) in [4.78, 5) is 26.7. The zero-order chi connectivity index (χ0) is 32.0. The van der Waals surface area contributed by atoms with Gasteiger partial charge < -0.3 is 24.2 Å². The van der Waals surface area contributed by atoms with Gasteiger partial charge >= 0.3 is 5.97 Å². The third-order valence-corrected chi connectivity index (χ3v) is 11.3. The van der Waals surface area contributed by atoms with Crippen molar-refractivity contribution in [1.29, 1.82) is 0 Å². The number of ether oxygens (including phenoxy) is 3. The molecule has 1 spiro atoms. The van der Waals surface area contributed by atoms with Crippen molar-refractivity contribution < 1.29 is 37.3 Å². The largest absolute Gasteiger partial charge is 0.490 e. The van der Waals surface area contributed by atoms with E-state index >= 15 is 0 Å². The van der Waals surface area contributed by atoms with Crippen LogP contribution in [0.5, 0.6) is 5.75 Å². The third-order valence-electron chi connectivity index (χ3n) is 9.71. The first-order valence-electron chi connectivity index (χ1n) is 15.4. The molecule has 2 aromatic carbocycles. The molecule has 2 bridgehead atoms. The lowest BCUT2D eigenvalue weighted by Gasteiger charge is -2.46. The summed E-state index contributed by atoms with van der Waals surface area (Å²) in [5, 5.41) is 10.0. The number of anilines is 1. The van der Waals surface area contributed by atoms with Crippen LogP contribution in [0.2, 0.25) is 5.02 Å². The SMILES string of the molecule is CC1(C)OC/C=C/[C@H](OCC(=O)O)[C@@H]2CC[C@H]2CN2C[C@@]3(CCCc4cc(Cl)ccc43)COc3ccc(cc32)S(=O)(=O)NC1=O. The monoisotopic (exact) mass is 658 g/mol. The summed E-state index contributed by atoms with van der Waals surface area (Å²) in [5.74, 6) is -1.10. The Hall–Kier alpha value is -3.12. The van der Waals surface area contributed by atoms with E-state index in [1.807, 2.05) is 12.1 Å². The van der Waals surface area contributed by atoms with Crippen molar-refractivity contribution in [3.8, 4) is 5.75 Å². The Balaban J connectivity index is 1.43. The van der Waals surface area contributed by atoms with Crippen LogP contribution in [0.4, 0.5) is 5.69 Å². The van der Waals surface area contributed by atoms with Crippen LogP contribution < -0.4 is 14.4 Å². The number of carbonyl (C=O) groups is 2. The standard InChI is InChI=1S/C33H39ClN2O8S/c1-32(2)31(39)35-45(40,41)24-9-12-29-27(16-24)36(17-22-7-10-25(22)28(6-4-14-44-32)42-18-30(37)38)19-33(20-43-29)13-3-5-21-15-23(34)8-11-26(21)33/h4,6,8-9,11-12,15-16,22,25,28H,3,5,7,10,13-14,17-20H2,1-2H3,(H,35,39)(H,37,38)/b6-4+/t22-,25+,28-,33-/m0/s1. The van der Waals surface area contributed by atoms with Crippen molar-refractivity contribution in [3.05, 3.63) is 64.7 Å². The first-order chi connectivity index (χ1) is 21.4.